The van der Waals surface area contributed by atoms with E-state index in [2.05, 4.69) is 41.4 Å². The van der Waals surface area contributed by atoms with Gasteiger partial charge in [0.1, 0.15) is 0 Å². The minimum atomic E-state index is -0.00241. The molecule has 0 radical (unpaired) electrons. The van der Waals surface area contributed by atoms with Crippen LogP contribution in [0.3, 0.4) is 0 Å². The first-order valence-electron chi connectivity index (χ1n) is 9.30. The molecule has 0 bridgehead atoms. The number of amides is 1. The lowest BCUT2D eigenvalue weighted by Gasteiger charge is -2.16. The Morgan fingerprint density at radius 2 is 1.83 bits per heavy atom. The van der Waals surface area contributed by atoms with Crippen molar-refractivity contribution < 1.29 is 18.7 Å². The van der Waals surface area contributed by atoms with Crippen molar-refractivity contribution in [2.75, 3.05) is 19.6 Å². The van der Waals surface area contributed by atoms with Gasteiger partial charge in [-0.05, 0) is 35.7 Å². The van der Waals surface area contributed by atoms with E-state index >= 15 is 0 Å². The van der Waals surface area contributed by atoms with Crippen LogP contribution in [0.1, 0.15) is 18.1 Å². The number of rotatable bonds is 7. The number of aromatic nitrogens is 2. The average Bonchev–Trinajstić information content (AvgIpc) is 3.41. The van der Waals surface area contributed by atoms with Crippen molar-refractivity contribution in [2.24, 2.45) is 0 Å². The zero-order chi connectivity index (χ0) is 20.2. The van der Waals surface area contributed by atoms with E-state index in [0.717, 1.165) is 17.5 Å². The van der Waals surface area contributed by atoms with Gasteiger partial charge in [-0.15, -0.1) is 10.2 Å². The van der Waals surface area contributed by atoms with Gasteiger partial charge < -0.3 is 18.8 Å². The third kappa shape index (κ3) is 4.54. The van der Waals surface area contributed by atoms with Crippen LogP contribution in [-0.2, 0) is 17.8 Å². The molecule has 0 saturated heterocycles. The molecule has 150 valence electrons. The lowest BCUT2D eigenvalue weighted by atomic mass is 10.1. The molecular weight excluding hydrogens is 390 g/mol. The molecule has 0 atom stereocenters. The highest BCUT2D eigenvalue weighted by Crippen LogP contribution is 2.36. The summed E-state index contributed by atoms with van der Waals surface area (Å²) in [5, 5.41) is 8.44. The van der Waals surface area contributed by atoms with Crippen molar-refractivity contribution in [1.82, 2.24) is 15.1 Å². The Bertz CT molecular complexity index is 1000. The maximum atomic E-state index is 12.4. The van der Waals surface area contributed by atoms with Crippen molar-refractivity contribution in [2.45, 2.75) is 25.1 Å². The summed E-state index contributed by atoms with van der Waals surface area (Å²) >= 11 is 1.23. The molecule has 2 heterocycles. The third-order valence-electron chi connectivity index (χ3n) is 4.62. The Morgan fingerprint density at radius 1 is 1.07 bits per heavy atom. The van der Waals surface area contributed by atoms with Crippen LogP contribution in [0.15, 0.2) is 52.1 Å². The lowest BCUT2D eigenvalue weighted by molar-refractivity contribution is -0.127. The summed E-state index contributed by atoms with van der Waals surface area (Å²) in [5.41, 5.74) is 3.13. The number of ether oxygens (including phenoxy) is 2. The second-order valence-electron chi connectivity index (χ2n) is 6.65. The van der Waals surface area contributed by atoms with Gasteiger partial charge in [-0.3, -0.25) is 4.79 Å². The Labute approximate surface area is 173 Å². The van der Waals surface area contributed by atoms with Gasteiger partial charge in [0.25, 0.3) is 5.22 Å². The maximum Gasteiger partial charge on any atom is 0.277 e. The van der Waals surface area contributed by atoms with E-state index in [1.807, 2.05) is 6.07 Å². The van der Waals surface area contributed by atoms with Gasteiger partial charge in [-0.2, -0.15) is 0 Å². The first kappa shape index (κ1) is 19.3. The van der Waals surface area contributed by atoms with Gasteiger partial charge in [-0.25, -0.2) is 0 Å². The maximum absolute atomic E-state index is 12.4. The molecule has 7 nitrogen and oxygen atoms in total. The summed E-state index contributed by atoms with van der Waals surface area (Å²) in [5.74, 6) is 1.95. The van der Waals surface area contributed by atoms with E-state index < -0.39 is 0 Å². The minimum Gasteiger partial charge on any atom is -0.454 e. The van der Waals surface area contributed by atoms with E-state index in [9.17, 15) is 4.79 Å². The number of fused-ring (bicyclic) bond motifs is 1. The minimum absolute atomic E-state index is 0.00241. The fraction of sp³-hybridized carbons (Fsp3) is 0.286. The van der Waals surface area contributed by atoms with Crippen LogP contribution in [0.25, 0.3) is 11.5 Å². The molecule has 1 aromatic heterocycles. The molecule has 0 spiro atoms. The fourth-order valence-electron chi connectivity index (χ4n) is 2.89. The number of thioether (sulfide) groups is 1. The number of hydrogen-bond donors (Lipinski definition) is 0. The van der Waals surface area contributed by atoms with Crippen LogP contribution < -0.4 is 9.47 Å². The van der Waals surface area contributed by atoms with Gasteiger partial charge in [0.15, 0.2) is 11.5 Å². The predicted molar refractivity (Wildman–Crippen MR) is 109 cm³/mol. The number of nitrogens with zero attached hydrogens (tertiary/aromatic N) is 3. The summed E-state index contributed by atoms with van der Waals surface area (Å²) in [6.07, 6.45) is 1.00. The SMILES string of the molecule is CCc1ccc(CN(C)C(=O)CSc2nnc(-c3ccc4c(c3)OCO4)o2)cc1. The van der Waals surface area contributed by atoms with Crippen molar-refractivity contribution in [1.29, 1.82) is 0 Å². The number of carbonyl (C=O) groups is 1. The summed E-state index contributed by atoms with van der Waals surface area (Å²) < 4.78 is 16.3. The number of aryl methyl sites for hydroxylation is 1. The zero-order valence-electron chi connectivity index (χ0n) is 16.3. The number of carbonyl (C=O) groups excluding carboxylic acids is 1. The van der Waals surface area contributed by atoms with Crippen molar-refractivity contribution in [3.05, 3.63) is 53.6 Å². The molecule has 2 aromatic carbocycles. The molecule has 8 heteroatoms. The highest BCUT2D eigenvalue weighted by atomic mass is 32.2. The third-order valence-corrected chi connectivity index (χ3v) is 5.43. The molecule has 0 saturated carbocycles. The number of hydrogen-bond acceptors (Lipinski definition) is 7. The molecule has 0 N–H and O–H groups in total. The molecule has 3 aromatic rings. The van der Waals surface area contributed by atoms with E-state index in [0.29, 0.717) is 29.2 Å². The summed E-state index contributed by atoms with van der Waals surface area (Å²) in [6, 6.07) is 13.7. The largest absolute Gasteiger partial charge is 0.454 e. The fourth-order valence-corrected chi connectivity index (χ4v) is 3.59. The summed E-state index contributed by atoms with van der Waals surface area (Å²) in [6.45, 7) is 2.90. The molecule has 0 unspecified atom stereocenters. The van der Waals surface area contributed by atoms with E-state index in [1.54, 1.807) is 24.1 Å². The van der Waals surface area contributed by atoms with E-state index in [-0.39, 0.29) is 18.5 Å². The van der Waals surface area contributed by atoms with Crippen LogP contribution in [0.5, 0.6) is 11.5 Å². The normalized spacial score (nSPS) is 12.2. The Kier molecular flexibility index (Phi) is 5.71. The zero-order valence-corrected chi connectivity index (χ0v) is 17.1. The molecule has 29 heavy (non-hydrogen) atoms. The molecular formula is C21H21N3O4S. The van der Waals surface area contributed by atoms with Gasteiger partial charge in [-0.1, -0.05) is 43.0 Å². The standard InChI is InChI=1S/C21H21N3O4S/c1-3-14-4-6-15(7-5-14)11-24(2)19(25)12-29-21-23-22-20(28-21)16-8-9-17-18(10-16)27-13-26-17/h4-10H,3,11-13H2,1-2H3. The molecule has 1 aliphatic rings. The Balaban J connectivity index is 1.32. The topological polar surface area (TPSA) is 77.7 Å². The van der Waals surface area contributed by atoms with Crippen molar-refractivity contribution >= 4 is 17.7 Å². The molecule has 1 amide bonds. The second kappa shape index (κ2) is 8.57. The first-order chi connectivity index (χ1) is 14.1. The van der Waals surface area contributed by atoms with E-state index in [1.165, 1.54) is 17.3 Å². The highest BCUT2D eigenvalue weighted by Gasteiger charge is 2.18. The number of benzene rings is 2. The molecule has 4 rings (SSSR count). The van der Waals surface area contributed by atoms with Crippen molar-refractivity contribution in [3.63, 3.8) is 0 Å². The monoisotopic (exact) mass is 411 g/mol. The first-order valence-corrected chi connectivity index (χ1v) is 10.3. The van der Waals surface area contributed by atoms with Crippen LogP contribution in [0.2, 0.25) is 0 Å². The lowest BCUT2D eigenvalue weighted by Crippen LogP contribution is -2.27. The predicted octanol–water partition coefficient (Wildman–Crippen LogP) is 3.78. The highest BCUT2D eigenvalue weighted by molar-refractivity contribution is 7.99. The second-order valence-corrected chi connectivity index (χ2v) is 7.58. The van der Waals surface area contributed by atoms with Gasteiger partial charge in [0.2, 0.25) is 18.6 Å². The van der Waals surface area contributed by atoms with Gasteiger partial charge in [0.05, 0.1) is 5.75 Å². The average molecular weight is 411 g/mol. The summed E-state index contributed by atoms with van der Waals surface area (Å²) in [7, 11) is 1.79. The smallest absolute Gasteiger partial charge is 0.277 e. The quantitative estimate of drug-likeness (QED) is 0.548. The Hall–Kier alpha value is -3.00. The van der Waals surface area contributed by atoms with Crippen LogP contribution >= 0.6 is 11.8 Å². The van der Waals surface area contributed by atoms with Crippen LogP contribution in [-0.4, -0.2) is 40.6 Å². The molecule has 0 fully saturated rings. The van der Waals surface area contributed by atoms with Crippen LogP contribution in [0, 0.1) is 0 Å². The molecule has 1 aliphatic heterocycles. The van der Waals surface area contributed by atoms with Gasteiger partial charge >= 0.3 is 0 Å². The molecule has 0 aliphatic carbocycles. The Morgan fingerprint density at radius 3 is 2.62 bits per heavy atom. The van der Waals surface area contributed by atoms with E-state index in [4.69, 9.17) is 13.9 Å². The summed E-state index contributed by atoms with van der Waals surface area (Å²) in [4.78, 5) is 14.1. The van der Waals surface area contributed by atoms with Crippen LogP contribution in [0.4, 0.5) is 0 Å². The van der Waals surface area contributed by atoms with Crippen molar-refractivity contribution in [3.8, 4) is 23.0 Å². The van der Waals surface area contributed by atoms with Gasteiger partial charge in [0, 0.05) is 19.2 Å².